The number of carbonyl (C=O) groups is 2. The van der Waals surface area contributed by atoms with E-state index in [1.165, 1.54) is 18.7 Å². The van der Waals surface area contributed by atoms with Gasteiger partial charge in [-0.25, -0.2) is 0 Å². The predicted molar refractivity (Wildman–Crippen MR) is 98.6 cm³/mol. The lowest BCUT2D eigenvalue weighted by Gasteiger charge is -2.24. The van der Waals surface area contributed by atoms with Crippen LogP contribution in [0.1, 0.15) is 33.6 Å². The first-order valence-electron chi connectivity index (χ1n) is 8.17. The Kier molecular flexibility index (Phi) is 6.73. The molecule has 26 heavy (non-hydrogen) atoms. The summed E-state index contributed by atoms with van der Waals surface area (Å²) in [5, 5.41) is 15.2. The highest BCUT2D eigenvalue weighted by Gasteiger charge is 2.22. The molecule has 0 atom stereocenters. The lowest BCUT2D eigenvalue weighted by molar-refractivity contribution is -0.123. The lowest BCUT2D eigenvalue weighted by atomic mass is 9.98. The van der Waals surface area contributed by atoms with Gasteiger partial charge in [-0.05, 0) is 55.5 Å². The van der Waals surface area contributed by atoms with E-state index in [0.29, 0.717) is 23.8 Å². The van der Waals surface area contributed by atoms with Crippen LogP contribution < -0.4 is 10.1 Å². The van der Waals surface area contributed by atoms with Crippen LogP contribution in [-0.4, -0.2) is 50.3 Å². The summed E-state index contributed by atoms with van der Waals surface area (Å²) in [6.45, 7) is 5.19. The van der Waals surface area contributed by atoms with Crippen molar-refractivity contribution in [2.75, 3.05) is 12.9 Å². The number of hydrogen-bond acceptors (Lipinski definition) is 7. The maximum atomic E-state index is 12.1. The predicted octanol–water partition coefficient (Wildman–Crippen LogP) is 2.03. The van der Waals surface area contributed by atoms with E-state index in [9.17, 15) is 9.59 Å². The molecule has 0 aliphatic rings. The number of methoxy groups -OCH3 is 1. The first-order valence-corrected chi connectivity index (χ1v) is 9.15. The van der Waals surface area contributed by atoms with Gasteiger partial charge < -0.3 is 10.1 Å². The second-order valence-corrected chi connectivity index (χ2v) is 7.54. The van der Waals surface area contributed by atoms with Crippen LogP contribution in [-0.2, 0) is 9.59 Å². The third-order valence-electron chi connectivity index (χ3n) is 3.49. The van der Waals surface area contributed by atoms with Crippen molar-refractivity contribution >= 4 is 23.5 Å². The molecule has 2 aromatic rings. The fourth-order valence-corrected chi connectivity index (χ4v) is 3.32. The van der Waals surface area contributed by atoms with Crippen LogP contribution >= 0.6 is 11.8 Å². The Morgan fingerprint density at radius 3 is 2.58 bits per heavy atom. The minimum atomic E-state index is -0.543. The number of aromatic nitrogens is 4. The minimum Gasteiger partial charge on any atom is -0.497 e. The quantitative estimate of drug-likeness (QED) is 0.668. The van der Waals surface area contributed by atoms with E-state index >= 15 is 0 Å². The van der Waals surface area contributed by atoms with E-state index in [0.717, 1.165) is 11.4 Å². The minimum absolute atomic E-state index is 0.0448. The number of thioether (sulfide) groups is 1. The number of ketones is 1. The van der Waals surface area contributed by atoms with E-state index in [1.54, 1.807) is 11.8 Å². The van der Waals surface area contributed by atoms with Crippen molar-refractivity contribution in [3.05, 3.63) is 24.3 Å². The van der Waals surface area contributed by atoms with Gasteiger partial charge in [0.15, 0.2) is 0 Å². The van der Waals surface area contributed by atoms with Gasteiger partial charge in [0.25, 0.3) is 0 Å². The Hall–Kier alpha value is -2.42. The number of Topliss-reactive ketones (excluding diaryl/α,β-unsaturated/α-hetero) is 1. The van der Waals surface area contributed by atoms with Gasteiger partial charge >= 0.3 is 0 Å². The van der Waals surface area contributed by atoms with Gasteiger partial charge in [0.2, 0.25) is 11.1 Å². The number of tetrazole rings is 1. The first-order chi connectivity index (χ1) is 12.3. The molecule has 8 nitrogen and oxygen atoms in total. The van der Waals surface area contributed by atoms with Crippen LogP contribution in [0, 0.1) is 0 Å². The monoisotopic (exact) mass is 377 g/mol. The molecule has 0 bridgehead atoms. The molecule has 140 valence electrons. The summed E-state index contributed by atoms with van der Waals surface area (Å²) in [5.41, 5.74) is 0.267. The molecule has 1 amide bonds. The Labute approximate surface area is 156 Å². The fourth-order valence-electron chi connectivity index (χ4n) is 2.50. The summed E-state index contributed by atoms with van der Waals surface area (Å²) in [4.78, 5) is 23.3. The Balaban J connectivity index is 1.89. The molecule has 9 heteroatoms. The van der Waals surface area contributed by atoms with Crippen molar-refractivity contribution in [3.63, 3.8) is 0 Å². The number of nitrogens with one attached hydrogen (secondary N) is 1. The van der Waals surface area contributed by atoms with Crippen LogP contribution in [0.3, 0.4) is 0 Å². The van der Waals surface area contributed by atoms with Crippen molar-refractivity contribution in [1.29, 1.82) is 0 Å². The van der Waals surface area contributed by atoms with Gasteiger partial charge in [-0.2, -0.15) is 4.68 Å². The van der Waals surface area contributed by atoms with Gasteiger partial charge in [0.05, 0.1) is 12.8 Å². The molecule has 0 aliphatic heterocycles. The molecule has 1 aromatic carbocycles. The number of hydrogen-bond donors (Lipinski definition) is 1. The molecule has 0 radical (unpaired) electrons. The van der Waals surface area contributed by atoms with Gasteiger partial charge in [-0.1, -0.05) is 11.8 Å². The van der Waals surface area contributed by atoms with E-state index < -0.39 is 5.54 Å². The standard InChI is InChI=1S/C17H23N5O3S/c1-12(23)11-17(2,3)18-15(24)9-10-26-16-19-20-21-22(16)13-5-7-14(25-4)8-6-13/h5-8H,9-11H2,1-4H3,(H,18,24). The topological polar surface area (TPSA) is 99.0 Å². The zero-order chi connectivity index (χ0) is 19.2. The summed E-state index contributed by atoms with van der Waals surface area (Å²) in [5.74, 6) is 1.22. The highest BCUT2D eigenvalue weighted by atomic mass is 32.2. The summed E-state index contributed by atoms with van der Waals surface area (Å²) in [6.07, 6.45) is 0.614. The molecule has 1 heterocycles. The number of ether oxygens (including phenoxy) is 1. The number of carbonyl (C=O) groups excluding carboxylic acids is 2. The van der Waals surface area contributed by atoms with E-state index in [-0.39, 0.29) is 11.7 Å². The molecule has 1 aromatic heterocycles. The highest BCUT2D eigenvalue weighted by Crippen LogP contribution is 2.21. The Morgan fingerprint density at radius 2 is 1.96 bits per heavy atom. The van der Waals surface area contributed by atoms with Crippen molar-refractivity contribution in [3.8, 4) is 11.4 Å². The SMILES string of the molecule is COc1ccc(-n2nnnc2SCCC(=O)NC(C)(C)CC(C)=O)cc1. The van der Waals surface area contributed by atoms with Crippen LogP contribution in [0.15, 0.2) is 29.4 Å². The highest BCUT2D eigenvalue weighted by molar-refractivity contribution is 7.99. The molecule has 2 rings (SSSR count). The van der Waals surface area contributed by atoms with Crippen LogP contribution in [0.5, 0.6) is 5.75 Å². The van der Waals surface area contributed by atoms with Crippen LogP contribution in [0.2, 0.25) is 0 Å². The second-order valence-electron chi connectivity index (χ2n) is 6.48. The average Bonchev–Trinajstić information content (AvgIpc) is 3.01. The normalized spacial score (nSPS) is 11.2. The summed E-state index contributed by atoms with van der Waals surface area (Å²) in [7, 11) is 1.61. The molecule has 1 N–H and O–H groups in total. The number of rotatable bonds is 9. The third kappa shape index (κ3) is 5.83. The first kappa shape index (κ1) is 19.9. The van der Waals surface area contributed by atoms with Crippen molar-refractivity contribution in [2.24, 2.45) is 0 Å². The van der Waals surface area contributed by atoms with E-state index in [4.69, 9.17) is 4.74 Å². The van der Waals surface area contributed by atoms with Crippen LogP contribution in [0.4, 0.5) is 0 Å². The Bertz CT molecular complexity index is 758. The maximum absolute atomic E-state index is 12.1. The smallest absolute Gasteiger partial charge is 0.221 e. The summed E-state index contributed by atoms with van der Waals surface area (Å²) in [6, 6.07) is 7.37. The third-order valence-corrected chi connectivity index (χ3v) is 4.41. The van der Waals surface area contributed by atoms with E-state index in [1.807, 2.05) is 38.1 Å². The Morgan fingerprint density at radius 1 is 1.27 bits per heavy atom. The van der Waals surface area contributed by atoms with Gasteiger partial charge in [0, 0.05) is 24.1 Å². The lowest BCUT2D eigenvalue weighted by Crippen LogP contribution is -2.44. The molecular weight excluding hydrogens is 354 g/mol. The zero-order valence-corrected chi connectivity index (χ0v) is 16.2. The van der Waals surface area contributed by atoms with Gasteiger partial charge in [-0.3, -0.25) is 9.59 Å². The van der Waals surface area contributed by atoms with Crippen molar-refractivity contribution in [2.45, 2.75) is 44.3 Å². The zero-order valence-electron chi connectivity index (χ0n) is 15.4. The molecule has 0 unspecified atom stereocenters. The number of nitrogens with zero attached hydrogens (tertiary/aromatic N) is 4. The second kappa shape index (κ2) is 8.79. The maximum Gasteiger partial charge on any atom is 0.221 e. The average molecular weight is 377 g/mol. The molecule has 0 saturated carbocycles. The molecule has 0 fully saturated rings. The van der Waals surface area contributed by atoms with Crippen LogP contribution in [0.25, 0.3) is 5.69 Å². The molecule has 0 saturated heterocycles. The molecule has 0 aliphatic carbocycles. The summed E-state index contributed by atoms with van der Waals surface area (Å²) < 4.78 is 6.75. The van der Waals surface area contributed by atoms with Crippen molar-refractivity contribution in [1.82, 2.24) is 25.5 Å². The van der Waals surface area contributed by atoms with E-state index in [2.05, 4.69) is 20.8 Å². The number of benzene rings is 1. The van der Waals surface area contributed by atoms with Crippen molar-refractivity contribution < 1.29 is 14.3 Å². The molecular formula is C17H23N5O3S. The number of amides is 1. The van der Waals surface area contributed by atoms with Gasteiger partial charge in [-0.15, -0.1) is 5.10 Å². The van der Waals surface area contributed by atoms with Gasteiger partial charge in [0.1, 0.15) is 11.5 Å². The fraction of sp³-hybridized carbons (Fsp3) is 0.471. The largest absolute Gasteiger partial charge is 0.497 e. The molecule has 0 spiro atoms. The summed E-state index contributed by atoms with van der Waals surface area (Å²) >= 11 is 1.39.